The van der Waals surface area contributed by atoms with Crippen LogP contribution in [0.15, 0.2) is 18.2 Å². The lowest BCUT2D eigenvalue weighted by molar-refractivity contribution is 0.174. The van der Waals surface area contributed by atoms with E-state index in [0.29, 0.717) is 19.3 Å². The fourth-order valence-corrected chi connectivity index (χ4v) is 1.60. The second-order valence-electron chi connectivity index (χ2n) is 4.16. The van der Waals surface area contributed by atoms with Gasteiger partial charge in [0.2, 0.25) is 6.79 Å². The van der Waals surface area contributed by atoms with Crippen molar-refractivity contribution in [1.82, 2.24) is 5.32 Å². The Morgan fingerprint density at radius 2 is 2.19 bits per heavy atom. The van der Waals surface area contributed by atoms with Gasteiger partial charge in [0, 0.05) is 6.54 Å². The number of hydrogen-bond donors (Lipinski definition) is 2. The Morgan fingerprint density at radius 1 is 1.38 bits per heavy atom. The minimum atomic E-state index is 0.330. The second kappa shape index (κ2) is 5.18. The van der Waals surface area contributed by atoms with Gasteiger partial charge in [-0.25, -0.2) is 0 Å². The van der Waals surface area contributed by atoms with Crippen molar-refractivity contribution in [2.24, 2.45) is 11.7 Å². The van der Waals surface area contributed by atoms with Crippen molar-refractivity contribution in [1.29, 1.82) is 0 Å². The molecule has 3 N–H and O–H groups in total. The highest BCUT2D eigenvalue weighted by molar-refractivity contribution is 5.44. The van der Waals surface area contributed by atoms with Crippen LogP contribution in [0.25, 0.3) is 0 Å². The lowest BCUT2D eigenvalue weighted by atomic mass is 10.1. The van der Waals surface area contributed by atoms with Gasteiger partial charge in [0.1, 0.15) is 0 Å². The summed E-state index contributed by atoms with van der Waals surface area (Å²) in [7, 11) is 0. The highest BCUT2D eigenvalue weighted by Gasteiger charge is 2.12. The van der Waals surface area contributed by atoms with Crippen molar-refractivity contribution < 1.29 is 9.47 Å². The van der Waals surface area contributed by atoms with Crippen molar-refractivity contribution in [3.63, 3.8) is 0 Å². The van der Waals surface area contributed by atoms with E-state index < -0.39 is 0 Å². The molecule has 0 aromatic heterocycles. The van der Waals surface area contributed by atoms with Crippen LogP contribution >= 0.6 is 0 Å². The van der Waals surface area contributed by atoms with Gasteiger partial charge >= 0.3 is 0 Å². The van der Waals surface area contributed by atoms with E-state index in [1.54, 1.807) is 0 Å². The van der Waals surface area contributed by atoms with E-state index in [4.69, 9.17) is 15.2 Å². The number of ether oxygens (including phenoxy) is 2. The molecular formula is C12H18N2O2. The standard InChI is InChI=1S/C12H18N2O2/c1-9(5-13)6-14-7-10-2-3-11-12(4-10)16-8-15-11/h2-4,9,14H,5-8,13H2,1H3. The molecule has 0 spiro atoms. The van der Waals surface area contributed by atoms with E-state index in [2.05, 4.69) is 12.2 Å². The predicted molar refractivity (Wildman–Crippen MR) is 62.5 cm³/mol. The van der Waals surface area contributed by atoms with Gasteiger partial charge in [-0.2, -0.15) is 0 Å². The summed E-state index contributed by atoms with van der Waals surface area (Å²) in [6, 6.07) is 6.02. The maximum absolute atomic E-state index is 5.55. The van der Waals surface area contributed by atoms with Crippen molar-refractivity contribution in [3.8, 4) is 11.5 Å². The third kappa shape index (κ3) is 2.65. The number of rotatable bonds is 5. The van der Waals surface area contributed by atoms with Gasteiger partial charge in [0.25, 0.3) is 0 Å². The van der Waals surface area contributed by atoms with Crippen LogP contribution in [-0.4, -0.2) is 19.9 Å². The number of hydrogen-bond acceptors (Lipinski definition) is 4. The van der Waals surface area contributed by atoms with E-state index in [1.807, 2.05) is 18.2 Å². The molecule has 1 aromatic rings. The summed E-state index contributed by atoms with van der Waals surface area (Å²) >= 11 is 0. The summed E-state index contributed by atoms with van der Waals surface area (Å²) in [4.78, 5) is 0. The molecule has 0 amide bonds. The summed E-state index contributed by atoms with van der Waals surface area (Å²) in [5, 5.41) is 3.37. The average Bonchev–Trinajstić information content (AvgIpc) is 2.76. The lowest BCUT2D eigenvalue weighted by Gasteiger charge is -2.10. The quantitative estimate of drug-likeness (QED) is 0.783. The summed E-state index contributed by atoms with van der Waals surface area (Å²) < 4.78 is 10.6. The highest BCUT2D eigenvalue weighted by atomic mass is 16.7. The van der Waals surface area contributed by atoms with E-state index in [9.17, 15) is 0 Å². The Bertz CT molecular complexity index is 355. The van der Waals surface area contributed by atoms with Crippen LogP contribution in [0.1, 0.15) is 12.5 Å². The van der Waals surface area contributed by atoms with Gasteiger partial charge in [0.05, 0.1) is 0 Å². The first kappa shape index (κ1) is 11.2. The van der Waals surface area contributed by atoms with Gasteiger partial charge in [-0.3, -0.25) is 0 Å². The monoisotopic (exact) mass is 222 g/mol. The Kier molecular flexibility index (Phi) is 3.64. The number of nitrogens with one attached hydrogen (secondary N) is 1. The Balaban J connectivity index is 1.86. The molecule has 0 radical (unpaired) electrons. The SMILES string of the molecule is CC(CN)CNCc1ccc2c(c1)OCO2. The van der Waals surface area contributed by atoms with Crippen LogP contribution in [-0.2, 0) is 6.54 Å². The van der Waals surface area contributed by atoms with Crippen LogP contribution in [0.3, 0.4) is 0 Å². The second-order valence-corrected chi connectivity index (χ2v) is 4.16. The van der Waals surface area contributed by atoms with Gasteiger partial charge in [-0.15, -0.1) is 0 Å². The number of nitrogens with two attached hydrogens (primary N) is 1. The zero-order valence-corrected chi connectivity index (χ0v) is 9.53. The highest BCUT2D eigenvalue weighted by Crippen LogP contribution is 2.32. The molecule has 4 nitrogen and oxygen atoms in total. The maximum atomic E-state index is 5.55. The first-order valence-corrected chi connectivity index (χ1v) is 5.59. The molecule has 1 aliphatic heterocycles. The number of benzene rings is 1. The smallest absolute Gasteiger partial charge is 0.231 e. The molecule has 1 unspecified atom stereocenters. The molecule has 0 aliphatic carbocycles. The van der Waals surface area contributed by atoms with Crippen LogP contribution < -0.4 is 20.5 Å². The summed E-state index contributed by atoms with van der Waals surface area (Å²) in [5.74, 6) is 2.18. The summed E-state index contributed by atoms with van der Waals surface area (Å²) in [6.07, 6.45) is 0. The predicted octanol–water partition coefficient (Wildman–Crippen LogP) is 1.10. The zero-order chi connectivity index (χ0) is 11.4. The normalized spacial score (nSPS) is 15.1. The molecule has 0 saturated carbocycles. The number of fused-ring (bicyclic) bond motifs is 1. The Morgan fingerprint density at radius 3 is 3.00 bits per heavy atom. The van der Waals surface area contributed by atoms with Crippen LogP contribution in [0, 0.1) is 5.92 Å². The first-order valence-electron chi connectivity index (χ1n) is 5.59. The third-order valence-electron chi connectivity index (χ3n) is 2.66. The summed E-state index contributed by atoms with van der Waals surface area (Å²) in [5.41, 5.74) is 6.75. The Labute approximate surface area is 95.7 Å². The van der Waals surface area contributed by atoms with Gasteiger partial charge in [-0.1, -0.05) is 13.0 Å². The van der Waals surface area contributed by atoms with Crippen molar-refractivity contribution in [2.45, 2.75) is 13.5 Å². The van der Waals surface area contributed by atoms with E-state index in [1.165, 1.54) is 5.56 Å². The van der Waals surface area contributed by atoms with Gasteiger partial charge in [0.15, 0.2) is 11.5 Å². The van der Waals surface area contributed by atoms with Crippen LogP contribution in [0.4, 0.5) is 0 Å². The molecule has 16 heavy (non-hydrogen) atoms. The van der Waals surface area contributed by atoms with Gasteiger partial charge in [-0.05, 0) is 36.7 Å². The Hall–Kier alpha value is -1.26. The van der Waals surface area contributed by atoms with Crippen LogP contribution in [0.5, 0.6) is 11.5 Å². The molecule has 0 fully saturated rings. The lowest BCUT2D eigenvalue weighted by Crippen LogP contribution is -2.25. The molecule has 0 bridgehead atoms. The molecule has 1 aliphatic rings. The molecule has 2 rings (SSSR count). The minimum absolute atomic E-state index is 0.330. The maximum Gasteiger partial charge on any atom is 0.231 e. The molecule has 0 saturated heterocycles. The minimum Gasteiger partial charge on any atom is -0.454 e. The van der Waals surface area contributed by atoms with Crippen LogP contribution in [0.2, 0.25) is 0 Å². The van der Waals surface area contributed by atoms with E-state index in [-0.39, 0.29) is 0 Å². The van der Waals surface area contributed by atoms with Crippen molar-refractivity contribution in [2.75, 3.05) is 19.9 Å². The largest absolute Gasteiger partial charge is 0.454 e. The zero-order valence-electron chi connectivity index (χ0n) is 9.53. The van der Waals surface area contributed by atoms with E-state index in [0.717, 1.165) is 24.6 Å². The molecule has 4 heteroatoms. The molecule has 1 aromatic carbocycles. The fourth-order valence-electron chi connectivity index (χ4n) is 1.60. The third-order valence-corrected chi connectivity index (χ3v) is 2.66. The summed E-state index contributed by atoms with van der Waals surface area (Å²) in [6.45, 7) is 4.95. The first-order chi connectivity index (χ1) is 7.79. The van der Waals surface area contributed by atoms with Crippen molar-refractivity contribution >= 4 is 0 Å². The molecule has 1 atom stereocenters. The van der Waals surface area contributed by atoms with Gasteiger partial charge < -0.3 is 20.5 Å². The molecular weight excluding hydrogens is 204 g/mol. The molecule has 1 heterocycles. The topological polar surface area (TPSA) is 56.5 Å². The van der Waals surface area contributed by atoms with Crippen molar-refractivity contribution in [3.05, 3.63) is 23.8 Å². The molecule has 88 valence electrons. The fraction of sp³-hybridized carbons (Fsp3) is 0.500. The van der Waals surface area contributed by atoms with E-state index >= 15 is 0 Å². The average molecular weight is 222 g/mol.